The Morgan fingerprint density at radius 3 is 2.91 bits per heavy atom. The Morgan fingerprint density at radius 2 is 2.13 bits per heavy atom. The number of thiophene rings is 1. The minimum absolute atomic E-state index is 0.00576. The third-order valence-corrected chi connectivity index (χ3v) is 5.63. The maximum atomic E-state index is 12.1. The van der Waals surface area contributed by atoms with Crippen molar-refractivity contribution in [1.82, 2.24) is 0 Å². The molecule has 0 spiro atoms. The first-order valence-electron chi connectivity index (χ1n) is 8.08. The summed E-state index contributed by atoms with van der Waals surface area (Å²) < 4.78 is 5.27. The molecule has 2 aliphatic rings. The highest BCUT2D eigenvalue weighted by Gasteiger charge is 2.23. The highest BCUT2D eigenvalue weighted by Crippen LogP contribution is 2.28. The molecule has 5 heteroatoms. The lowest BCUT2D eigenvalue weighted by Crippen LogP contribution is -2.29. The number of rotatable bonds is 3. The molecule has 3 heterocycles. The molecular formula is C18H20N2O2S. The fourth-order valence-corrected chi connectivity index (χ4v) is 4.10. The van der Waals surface area contributed by atoms with Crippen molar-refractivity contribution in [3.05, 3.63) is 46.2 Å². The molecule has 1 fully saturated rings. The van der Waals surface area contributed by atoms with Crippen LogP contribution in [0.1, 0.15) is 16.9 Å². The molecule has 0 bridgehead atoms. The van der Waals surface area contributed by atoms with Gasteiger partial charge in [0.05, 0.1) is 12.5 Å². The summed E-state index contributed by atoms with van der Waals surface area (Å²) in [4.78, 5) is 16.0. The molecule has 4 rings (SSSR count). The molecule has 1 atom stereocenters. The fourth-order valence-electron chi connectivity index (χ4n) is 3.21. The summed E-state index contributed by atoms with van der Waals surface area (Å²) in [5.74, 6) is 0.0601. The average Bonchev–Trinajstić information content (AvgIpc) is 3.26. The smallest absolute Gasteiger partial charge is 0.229 e. The van der Waals surface area contributed by atoms with Crippen LogP contribution in [0, 0.1) is 5.92 Å². The fraction of sp³-hybridized carbons (Fsp3) is 0.389. The van der Waals surface area contributed by atoms with E-state index in [-0.39, 0.29) is 11.8 Å². The number of fused-ring (bicyclic) bond motifs is 1. The first kappa shape index (κ1) is 14.7. The lowest BCUT2D eigenvalue weighted by molar-refractivity contribution is -0.119. The van der Waals surface area contributed by atoms with Gasteiger partial charge in [-0.25, -0.2) is 0 Å². The molecule has 120 valence electrons. The van der Waals surface area contributed by atoms with Gasteiger partial charge in [-0.15, -0.1) is 11.3 Å². The van der Waals surface area contributed by atoms with Crippen LogP contribution in [0.5, 0.6) is 0 Å². The second-order valence-electron chi connectivity index (χ2n) is 6.14. The Labute approximate surface area is 140 Å². The van der Waals surface area contributed by atoms with E-state index in [0.29, 0.717) is 13.2 Å². The predicted molar refractivity (Wildman–Crippen MR) is 93.1 cm³/mol. The zero-order valence-corrected chi connectivity index (χ0v) is 13.8. The molecule has 1 unspecified atom stereocenters. The first-order valence-corrected chi connectivity index (χ1v) is 8.96. The quantitative estimate of drug-likeness (QED) is 0.940. The molecule has 1 N–H and O–H groups in total. The normalized spacial score (nSPS) is 20.3. The number of hydrogen-bond donors (Lipinski definition) is 1. The monoisotopic (exact) mass is 328 g/mol. The summed E-state index contributed by atoms with van der Waals surface area (Å²) >= 11 is 1.86. The minimum atomic E-state index is -0.00576. The number of hydrogen-bond acceptors (Lipinski definition) is 4. The van der Waals surface area contributed by atoms with Crippen molar-refractivity contribution in [3.8, 4) is 0 Å². The zero-order valence-electron chi connectivity index (χ0n) is 13.0. The average molecular weight is 328 g/mol. The topological polar surface area (TPSA) is 41.6 Å². The molecule has 4 nitrogen and oxygen atoms in total. The Hall–Kier alpha value is -1.85. The van der Waals surface area contributed by atoms with Gasteiger partial charge >= 0.3 is 0 Å². The molecule has 1 saturated heterocycles. The van der Waals surface area contributed by atoms with Gasteiger partial charge in [-0.2, -0.15) is 0 Å². The number of ether oxygens (including phenoxy) is 1. The molecule has 1 amide bonds. The molecule has 2 aromatic rings. The van der Waals surface area contributed by atoms with E-state index in [4.69, 9.17) is 4.74 Å². The van der Waals surface area contributed by atoms with E-state index in [9.17, 15) is 4.79 Å². The van der Waals surface area contributed by atoms with Crippen molar-refractivity contribution in [2.45, 2.75) is 19.4 Å². The third kappa shape index (κ3) is 3.12. The van der Waals surface area contributed by atoms with Gasteiger partial charge in [0.2, 0.25) is 5.91 Å². The lowest BCUT2D eigenvalue weighted by atomic mass is 10.1. The van der Waals surface area contributed by atoms with Gasteiger partial charge in [0.15, 0.2) is 0 Å². The van der Waals surface area contributed by atoms with Crippen LogP contribution in [0.3, 0.4) is 0 Å². The zero-order chi connectivity index (χ0) is 15.6. The van der Waals surface area contributed by atoms with Gasteiger partial charge in [0, 0.05) is 35.9 Å². The van der Waals surface area contributed by atoms with E-state index < -0.39 is 0 Å². The van der Waals surface area contributed by atoms with E-state index >= 15 is 0 Å². The molecule has 2 aliphatic heterocycles. The Morgan fingerprint density at radius 1 is 1.26 bits per heavy atom. The van der Waals surface area contributed by atoms with Crippen LogP contribution >= 0.6 is 11.3 Å². The van der Waals surface area contributed by atoms with Gasteiger partial charge in [-0.1, -0.05) is 0 Å². The summed E-state index contributed by atoms with van der Waals surface area (Å²) in [7, 11) is 0. The summed E-state index contributed by atoms with van der Waals surface area (Å²) in [6, 6.07) is 10.4. The van der Waals surface area contributed by atoms with Crippen LogP contribution in [-0.2, 0) is 22.5 Å². The second kappa shape index (κ2) is 6.34. The van der Waals surface area contributed by atoms with Crippen LogP contribution in [0.25, 0.3) is 0 Å². The van der Waals surface area contributed by atoms with Crippen molar-refractivity contribution in [1.29, 1.82) is 0 Å². The number of nitrogens with zero attached hydrogens (tertiary/aromatic N) is 1. The van der Waals surface area contributed by atoms with Crippen molar-refractivity contribution < 1.29 is 9.53 Å². The lowest BCUT2D eigenvalue weighted by Gasteiger charge is -2.29. The second-order valence-corrected chi connectivity index (χ2v) is 7.14. The SMILES string of the molecule is O=C(Nc1ccc(N2CCc3sccc3C2)cc1)C1CCOC1. The summed E-state index contributed by atoms with van der Waals surface area (Å²) in [5.41, 5.74) is 3.52. The molecule has 0 aliphatic carbocycles. The van der Waals surface area contributed by atoms with Gasteiger partial charge < -0.3 is 15.0 Å². The maximum absolute atomic E-state index is 12.1. The number of amides is 1. The molecule has 0 saturated carbocycles. The van der Waals surface area contributed by atoms with Crippen molar-refractivity contribution in [3.63, 3.8) is 0 Å². The molecule has 1 aromatic heterocycles. The van der Waals surface area contributed by atoms with E-state index in [0.717, 1.165) is 31.6 Å². The van der Waals surface area contributed by atoms with E-state index in [2.05, 4.69) is 33.8 Å². The molecule has 23 heavy (non-hydrogen) atoms. The van der Waals surface area contributed by atoms with Crippen LogP contribution in [0.15, 0.2) is 35.7 Å². The van der Waals surface area contributed by atoms with E-state index in [1.165, 1.54) is 16.1 Å². The van der Waals surface area contributed by atoms with Crippen molar-refractivity contribution in [2.75, 3.05) is 30.0 Å². The van der Waals surface area contributed by atoms with Gasteiger partial charge in [0.1, 0.15) is 0 Å². The highest BCUT2D eigenvalue weighted by molar-refractivity contribution is 7.10. The number of carbonyl (C=O) groups is 1. The third-order valence-electron chi connectivity index (χ3n) is 4.61. The maximum Gasteiger partial charge on any atom is 0.229 e. The summed E-state index contributed by atoms with van der Waals surface area (Å²) in [6.07, 6.45) is 1.94. The van der Waals surface area contributed by atoms with Crippen LogP contribution < -0.4 is 10.2 Å². The van der Waals surface area contributed by atoms with Gasteiger partial charge in [-0.05, 0) is 54.1 Å². The van der Waals surface area contributed by atoms with Gasteiger partial charge in [0.25, 0.3) is 0 Å². The molecule has 0 radical (unpaired) electrons. The minimum Gasteiger partial charge on any atom is -0.381 e. The Bertz CT molecular complexity index is 689. The van der Waals surface area contributed by atoms with Crippen molar-refractivity contribution in [2.24, 2.45) is 5.92 Å². The predicted octanol–water partition coefficient (Wildman–Crippen LogP) is 3.29. The van der Waals surface area contributed by atoms with E-state index in [1.54, 1.807) is 0 Å². The Kier molecular flexibility index (Phi) is 4.06. The number of anilines is 2. The standard InChI is InChI=1S/C18H20N2O2S/c21-18(14-6-9-22-12-14)19-15-1-3-16(4-2-15)20-8-5-17-13(11-20)7-10-23-17/h1-4,7,10,14H,5-6,8-9,11-12H2,(H,19,21). The summed E-state index contributed by atoms with van der Waals surface area (Å²) in [5, 5.41) is 5.17. The van der Waals surface area contributed by atoms with Crippen LogP contribution in [0.4, 0.5) is 11.4 Å². The Balaban J connectivity index is 1.41. The van der Waals surface area contributed by atoms with Crippen LogP contribution in [0.2, 0.25) is 0 Å². The number of nitrogens with one attached hydrogen (secondary N) is 1. The number of carbonyl (C=O) groups excluding carboxylic acids is 1. The van der Waals surface area contributed by atoms with Crippen molar-refractivity contribution >= 4 is 28.6 Å². The molecule has 1 aromatic carbocycles. The van der Waals surface area contributed by atoms with Gasteiger partial charge in [-0.3, -0.25) is 4.79 Å². The number of benzene rings is 1. The van der Waals surface area contributed by atoms with E-state index in [1.807, 2.05) is 23.5 Å². The molecular weight excluding hydrogens is 308 g/mol. The first-order chi connectivity index (χ1) is 11.3. The summed E-state index contributed by atoms with van der Waals surface area (Å²) in [6.45, 7) is 3.26. The van der Waals surface area contributed by atoms with Crippen LogP contribution in [-0.4, -0.2) is 25.7 Å². The highest BCUT2D eigenvalue weighted by atomic mass is 32.1. The largest absolute Gasteiger partial charge is 0.381 e.